The minimum Gasteiger partial charge on any atom is -0.497 e. The fourth-order valence-electron chi connectivity index (χ4n) is 4.74. The van der Waals surface area contributed by atoms with Crippen LogP contribution < -0.4 is 4.74 Å². The quantitative estimate of drug-likeness (QED) is 0.406. The Kier molecular flexibility index (Phi) is 7.42. The molecule has 0 amide bonds. The van der Waals surface area contributed by atoms with Crippen LogP contribution in [0.3, 0.4) is 0 Å². The lowest BCUT2D eigenvalue weighted by Crippen LogP contribution is -2.30. The molecule has 0 N–H and O–H groups in total. The van der Waals surface area contributed by atoms with Gasteiger partial charge in [-0.2, -0.15) is 0 Å². The van der Waals surface area contributed by atoms with Gasteiger partial charge < -0.3 is 9.30 Å². The van der Waals surface area contributed by atoms with E-state index in [1.54, 1.807) is 13.2 Å². The van der Waals surface area contributed by atoms with Gasteiger partial charge in [0.25, 0.3) is 0 Å². The molecule has 4 heteroatoms. The molecular weight excluding hydrogens is 387 g/mol. The highest BCUT2D eigenvalue weighted by Gasteiger charge is 2.19. The lowest BCUT2D eigenvalue weighted by Gasteiger charge is -2.30. The summed E-state index contributed by atoms with van der Waals surface area (Å²) < 4.78 is 21.8. The molecule has 0 saturated heterocycles. The Morgan fingerprint density at radius 1 is 0.968 bits per heavy atom. The van der Waals surface area contributed by atoms with Crippen LogP contribution in [0.1, 0.15) is 48.9 Å². The third kappa shape index (κ3) is 5.98. The average molecular weight is 421 g/mol. The van der Waals surface area contributed by atoms with Gasteiger partial charge >= 0.3 is 0 Å². The number of ether oxygens (including phenoxy) is 1. The van der Waals surface area contributed by atoms with Gasteiger partial charge in [0.1, 0.15) is 11.6 Å². The summed E-state index contributed by atoms with van der Waals surface area (Å²) in [5.74, 6) is 1.52. The van der Waals surface area contributed by atoms with E-state index in [-0.39, 0.29) is 5.82 Å². The molecule has 2 aromatic carbocycles. The predicted molar refractivity (Wildman–Crippen MR) is 124 cm³/mol. The van der Waals surface area contributed by atoms with Crippen LogP contribution in [0.4, 0.5) is 4.39 Å². The molecule has 3 nitrogen and oxygen atoms in total. The van der Waals surface area contributed by atoms with E-state index in [1.807, 2.05) is 18.2 Å². The maximum atomic E-state index is 14.2. The highest BCUT2D eigenvalue weighted by molar-refractivity contribution is 5.28. The number of rotatable bonds is 9. The third-order valence-corrected chi connectivity index (χ3v) is 6.39. The summed E-state index contributed by atoms with van der Waals surface area (Å²) in [6.07, 6.45) is 8.78. The topological polar surface area (TPSA) is 17.4 Å². The number of nitrogens with zero attached hydrogens (tertiary/aromatic N) is 2. The SMILES string of the molecule is COc1cccc(CN(Cc2cccn2Cc2ccccc2F)CC2CCCCC2)c1. The average Bonchev–Trinajstić information content (AvgIpc) is 3.22. The Balaban J connectivity index is 1.51. The molecule has 3 aromatic rings. The molecule has 4 rings (SSSR count). The van der Waals surface area contributed by atoms with Gasteiger partial charge in [0.05, 0.1) is 13.7 Å². The number of hydrogen-bond donors (Lipinski definition) is 0. The van der Waals surface area contributed by atoms with Crippen LogP contribution in [0, 0.1) is 11.7 Å². The Morgan fingerprint density at radius 3 is 2.61 bits per heavy atom. The smallest absolute Gasteiger partial charge is 0.128 e. The van der Waals surface area contributed by atoms with Gasteiger partial charge in [-0.05, 0) is 54.7 Å². The van der Waals surface area contributed by atoms with E-state index in [9.17, 15) is 4.39 Å². The molecule has 0 aliphatic heterocycles. The van der Waals surface area contributed by atoms with E-state index >= 15 is 0 Å². The molecule has 1 aromatic heterocycles. The van der Waals surface area contributed by atoms with Crippen LogP contribution in [0.25, 0.3) is 0 Å². The lowest BCUT2D eigenvalue weighted by atomic mass is 9.89. The summed E-state index contributed by atoms with van der Waals surface area (Å²) in [7, 11) is 1.72. The zero-order valence-electron chi connectivity index (χ0n) is 18.5. The second kappa shape index (κ2) is 10.6. The first-order valence-electron chi connectivity index (χ1n) is 11.4. The monoisotopic (exact) mass is 420 g/mol. The van der Waals surface area contributed by atoms with E-state index < -0.39 is 0 Å². The van der Waals surface area contributed by atoms with Crippen LogP contribution in [-0.2, 0) is 19.6 Å². The van der Waals surface area contributed by atoms with Gasteiger partial charge in [0.2, 0.25) is 0 Å². The summed E-state index contributed by atoms with van der Waals surface area (Å²) in [4.78, 5) is 2.55. The first kappa shape index (κ1) is 21.6. The first-order chi connectivity index (χ1) is 15.2. The molecule has 164 valence electrons. The van der Waals surface area contributed by atoms with Crippen LogP contribution in [-0.4, -0.2) is 23.1 Å². The Labute approximate surface area is 185 Å². The van der Waals surface area contributed by atoms with E-state index in [4.69, 9.17) is 4.74 Å². The maximum absolute atomic E-state index is 14.2. The van der Waals surface area contributed by atoms with Crippen molar-refractivity contribution in [3.8, 4) is 5.75 Å². The summed E-state index contributed by atoms with van der Waals surface area (Å²) in [5.41, 5.74) is 3.22. The van der Waals surface area contributed by atoms with Crippen LogP contribution in [0.2, 0.25) is 0 Å². The molecule has 0 radical (unpaired) electrons. The molecule has 1 saturated carbocycles. The molecule has 1 aliphatic rings. The minimum atomic E-state index is -0.141. The van der Waals surface area contributed by atoms with Crippen LogP contribution in [0.5, 0.6) is 5.75 Å². The van der Waals surface area contributed by atoms with Gasteiger partial charge in [-0.15, -0.1) is 0 Å². The molecule has 1 fully saturated rings. The standard InChI is InChI=1S/C27H33FN2O/c1-31-26-14-7-11-23(17-26)19-29(18-22-9-3-2-4-10-22)21-25-13-8-16-30(25)20-24-12-5-6-15-27(24)28/h5-8,11-17,22H,2-4,9-10,18-21H2,1H3. The molecule has 0 unspecified atom stereocenters. The van der Waals surface area contributed by atoms with Gasteiger partial charge in [-0.25, -0.2) is 4.39 Å². The van der Waals surface area contributed by atoms with Crippen molar-refractivity contribution in [1.29, 1.82) is 0 Å². The Morgan fingerprint density at radius 2 is 1.81 bits per heavy atom. The maximum Gasteiger partial charge on any atom is 0.128 e. The van der Waals surface area contributed by atoms with Crippen LogP contribution in [0.15, 0.2) is 66.9 Å². The summed E-state index contributed by atoms with van der Waals surface area (Å²) in [5, 5.41) is 0. The third-order valence-electron chi connectivity index (χ3n) is 6.39. The molecule has 0 atom stereocenters. The van der Waals surface area contributed by atoms with Gasteiger partial charge in [-0.1, -0.05) is 49.6 Å². The Hall–Kier alpha value is -2.59. The summed E-state index contributed by atoms with van der Waals surface area (Å²) in [6, 6.07) is 19.7. The van der Waals surface area contributed by atoms with Gasteiger partial charge in [0.15, 0.2) is 0 Å². The zero-order valence-corrected chi connectivity index (χ0v) is 18.5. The molecule has 1 heterocycles. The van der Waals surface area contributed by atoms with Gasteiger partial charge in [-0.3, -0.25) is 4.90 Å². The normalized spacial score (nSPS) is 14.8. The van der Waals surface area contributed by atoms with Crippen molar-refractivity contribution in [1.82, 2.24) is 9.47 Å². The molecule has 0 bridgehead atoms. The van der Waals surface area contributed by atoms with E-state index in [0.717, 1.165) is 36.9 Å². The number of benzene rings is 2. The highest BCUT2D eigenvalue weighted by atomic mass is 19.1. The molecule has 0 spiro atoms. The van der Waals surface area contributed by atoms with Crippen molar-refractivity contribution >= 4 is 0 Å². The van der Waals surface area contributed by atoms with Crippen molar-refractivity contribution in [2.24, 2.45) is 5.92 Å². The fourth-order valence-corrected chi connectivity index (χ4v) is 4.74. The number of methoxy groups -OCH3 is 1. The zero-order chi connectivity index (χ0) is 21.5. The summed E-state index contributed by atoms with van der Waals surface area (Å²) in [6.45, 7) is 3.40. The van der Waals surface area contributed by atoms with E-state index in [0.29, 0.717) is 6.54 Å². The van der Waals surface area contributed by atoms with Gasteiger partial charge in [0, 0.05) is 37.1 Å². The van der Waals surface area contributed by atoms with Crippen molar-refractivity contribution in [3.05, 3.63) is 89.5 Å². The minimum absolute atomic E-state index is 0.141. The lowest BCUT2D eigenvalue weighted by molar-refractivity contribution is 0.183. The number of halogens is 1. The van der Waals surface area contributed by atoms with Crippen molar-refractivity contribution in [2.75, 3.05) is 13.7 Å². The first-order valence-corrected chi connectivity index (χ1v) is 11.4. The predicted octanol–water partition coefficient (Wildman–Crippen LogP) is 6.27. The van der Waals surface area contributed by atoms with Crippen molar-refractivity contribution in [3.63, 3.8) is 0 Å². The molecule has 31 heavy (non-hydrogen) atoms. The van der Waals surface area contributed by atoms with Crippen molar-refractivity contribution in [2.45, 2.75) is 51.7 Å². The molecular formula is C27H33FN2O. The largest absolute Gasteiger partial charge is 0.497 e. The van der Waals surface area contributed by atoms with Crippen LogP contribution >= 0.6 is 0 Å². The molecule has 1 aliphatic carbocycles. The van der Waals surface area contributed by atoms with Crippen molar-refractivity contribution < 1.29 is 9.13 Å². The second-order valence-corrected chi connectivity index (χ2v) is 8.74. The van der Waals surface area contributed by atoms with E-state index in [1.165, 1.54) is 49.4 Å². The second-order valence-electron chi connectivity index (χ2n) is 8.74. The number of hydrogen-bond acceptors (Lipinski definition) is 2. The van der Waals surface area contributed by atoms with E-state index in [2.05, 4.69) is 46.0 Å². The number of aromatic nitrogens is 1. The summed E-state index contributed by atoms with van der Waals surface area (Å²) >= 11 is 0. The fraction of sp³-hybridized carbons (Fsp3) is 0.407. The highest BCUT2D eigenvalue weighted by Crippen LogP contribution is 2.26. The Bertz CT molecular complexity index is 961.